The van der Waals surface area contributed by atoms with E-state index in [9.17, 15) is 9.59 Å². The molecule has 0 radical (unpaired) electrons. The highest BCUT2D eigenvalue weighted by atomic mass is 35.5. The number of nitrogens with zero attached hydrogens (tertiary/aromatic N) is 1. The first-order chi connectivity index (χ1) is 14.6. The smallest absolute Gasteiger partial charge is 0.262 e. The molecule has 0 aliphatic carbocycles. The molecule has 0 saturated carbocycles. The van der Waals surface area contributed by atoms with Crippen LogP contribution in [0.3, 0.4) is 0 Å². The summed E-state index contributed by atoms with van der Waals surface area (Å²) < 4.78 is 5.57. The fourth-order valence-corrected chi connectivity index (χ4v) is 4.45. The molecule has 1 N–H and O–H groups in total. The maximum Gasteiger partial charge on any atom is 0.262 e. The lowest BCUT2D eigenvalue weighted by Gasteiger charge is -2.24. The second-order valence-electron chi connectivity index (χ2n) is 6.68. The summed E-state index contributed by atoms with van der Waals surface area (Å²) in [6, 6.07) is 23.9. The van der Waals surface area contributed by atoms with Gasteiger partial charge in [-0.05, 0) is 54.1 Å². The molecule has 1 aliphatic rings. The van der Waals surface area contributed by atoms with Crippen LogP contribution in [0.2, 0.25) is 5.02 Å². The van der Waals surface area contributed by atoms with E-state index in [1.54, 1.807) is 28.8 Å². The Kier molecular flexibility index (Phi) is 6.26. The molecule has 3 aromatic rings. The second kappa shape index (κ2) is 9.24. The molecular formula is C23H19ClN2O3S. The third-order valence-corrected chi connectivity index (χ3v) is 6.03. The number of nitrogens with one attached hydrogen (secondary N) is 1. The lowest BCUT2D eigenvalue weighted by atomic mass is 10.2. The van der Waals surface area contributed by atoms with E-state index in [1.165, 1.54) is 0 Å². The first-order valence-corrected chi connectivity index (χ1v) is 10.8. The highest BCUT2D eigenvalue weighted by Crippen LogP contribution is 2.42. The van der Waals surface area contributed by atoms with Crippen LogP contribution in [0.25, 0.3) is 0 Å². The highest BCUT2D eigenvalue weighted by Gasteiger charge is 2.33. The third kappa shape index (κ3) is 4.78. The number of benzene rings is 3. The number of hydrogen-bond acceptors (Lipinski definition) is 4. The lowest BCUT2D eigenvalue weighted by Crippen LogP contribution is -2.27. The van der Waals surface area contributed by atoms with Crippen molar-refractivity contribution in [3.05, 3.63) is 89.4 Å². The molecule has 0 spiro atoms. The number of rotatable bonds is 6. The van der Waals surface area contributed by atoms with Gasteiger partial charge in [-0.15, -0.1) is 11.8 Å². The summed E-state index contributed by atoms with van der Waals surface area (Å²) in [5.41, 5.74) is 2.53. The summed E-state index contributed by atoms with van der Waals surface area (Å²) in [5.74, 6) is 0.796. The van der Waals surface area contributed by atoms with Crippen LogP contribution in [0.15, 0.2) is 78.9 Å². The molecule has 3 aromatic carbocycles. The molecule has 0 bridgehead atoms. The molecule has 5 nitrogen and oxygen atoms in total. The van der Waals surface area contributed by atoms with Crippen molar-refractivity contribution in [2.75, 3.05) is 22.6 Å². The lowest BCUT2D eigenvalue weighted by molar-refractivity contribution is -0.118. The second-order valence-corrected chi connectivity index (χ2v) is 8.18. The van der Waals surface area contributed by atoms with Crippen molar-refractivity contribution in [3.8, 4) is 5.75 Å². The van der Waals surface area contributed by atoms with Crippen molar-refractivity contribution in [2.45, 2.75) is 5.37 Å². The van der Waals surface area contributed by atoms with Crippen LogP contribution in [-0.2, 0) is 9.59 Å². The minimum atomic E-state index is -0.237. The van der Waals surface area contributed by atoms with Crippen molar-refractivity contribution < 1.29 is 14.3 Å². The Hall–Kier alpha value is -2.96. The molecule has 1 unspecified atom stereocenters. The van der Waals surface area contributed by atoms with Gasteiger partial charge in [0.05, 0.1) is 5.75 Å². The van der Waals surface area contributed by atoms with Crippen LogP contribution >= 0.6 is 23.4 Å². The van der Waals surface area contributed by atoms with Gasteiger partial charge >= 0.3 is 0 Å². The van der Waals surface area contributed by atoms with Gasteiger partial charge in [-0.2, -0.15) is 0 Å². The predicted molar refractivity (Wildman–Crippen MR) is 121 cm³/mol. The van der Waals surface area contributed by atoms with Gasteiger partial charge in [-0.1, -0.05) is 41.9 Å². The van der Waals surface area contributed by atoms with Crippen molar-refractivity contribution in [3.63, 3.8) is 0 Å². The topological polar surface area (TPSA) is 58.6 Å². The summed E-state index contributed by atoms with van der Waals surface area (Å²) in [6.45, 7) is -0.0971. The summed E-state index contributed by atoms with van der Waals surface area (Å²) in [7, 11) is 0. The Morgan fingerprint density at radius 3 is 2.43 bits per heavy atom. The molecule has 1 saturated heterocycles. The maximum absolute atomic E-state index is 12.5. The highest BCUT2D eigenvalue weighted by molar-refractivity contribution is 8.00. The SMILES string of the molecule is O=C(COc1ccc(N2C(=O)CSC2c2ccc(Cl)cc2)cc1)Nc1ccccc1. The largest absolute Gasteiger partial charge is 0.484 e. The standard InChI is InChI=1S/C23H19ClN2O3S/c24-17-8-6-16(7-9-17)23-26(22(28)15-30-23)19-10-12-20(13-11-19)29-14-21(27)25-18-4-2-1-3-5-18/h1-13,23H,14-15H2,(H,25,27). The Labute approximate surface area is 184 Å². The minimum Gasteiger partial charge on any atom is -0.484 e. The van der Waals surface area contributed by atoms with E-state index in [0.717, 1.165) is 16.9 Å². The number of thioether (sulfide) groups is 1. The van der Waals surface area contributed by atoms with E-state index in [0.29, 0.717) is 16.5 Å². The Morgan fingerprint density at radius 1 is 1.03 bits per heavy atom. The number of para-hydroxylation sites is 1. The van der Waals surface area contributed by atoms with E-state index in [4.69, 9.17) is 16.3 Å². The van der Waals surface area contributed by atoms with Gasteiger partial charge in [-0.3, -0.25) is 14.5 Å². The number of carbonyl (C=O) groups is 2. The zero-order chi connectivity index (χ0) is 20.9. The number of hydrogen-bond donors (Lipinski definition) is 1. The molecule has 1 fully saturated rings. The van der Waals surface area contributed by atoms with Crippen molar-refractivity contribution in [2.24, 2.45) is 0 Å². The van der Waals surface area contributed by atoms with Crippen LogP contribution in [0, 0.1) is 0 Å². The van der Waals surface area contributed by atoms with E-state index < -0.39 is 0 Å². The monoisotopic (exact) mass is 438 g/mol. The molecule has 4 rings (SSSR count). The number of halogens is 1. The van der Waals surface area contributed by atoms with Crippen LogP contribution in [0.5, 0.6) is 5.75 Å². The molecular weight excluding hydrogens is 420 g/mol. The van der Waals surface area contributed by atoms with E-state index >= 15 is 0 Å². The van der Waals surface area contributed by atoms with Crippen molar-refractivity contribution in [1.29, 1.82) is 0 Å². The van der Waals surface area contributed by atoms with Crippen LogP contribution in [0.1, 0.15) is 10.9 Å². The van der Waals surface area contributed by atoms with Gasteiger partial charge in [0.2, 0.25) is 5.91 Å². The molecule has 1 aliphatic heterocycles. The fraction of sp³-hybridized carbons (Fsp3) is 0.130. The zero-order valence-electron chi connectivity index (χ0n) is 16.0. The number of ether oxygens (including phenoxy) is 1. The third-order valence-electron chi connectivity index (χ3n) is 4.57. The molecule has 30 heavy (non-hydrogen) atoms. The Balaban J connectivity index is 1.40. The van der Waals surface area contributed by atoms with Crippen LogP contribution in [-0.4, -0.2) is 24.2 Å². The molecule has 7 heteroatoms. The molecule has 0 aromatic heterocycles. The average Bonchev–Trinajstić information content (AvgIpc) is 3.15. The quantitative estimate of drug-likeness (QED) is 0.579. The summed E-state index contributed by atoms with van der Waals surface area (Å²) in [6.07, 6.45) is 0. The van der Waals surface area contributed by atoms with E-state index in [1.807, 2.05) is 66.7 Å². The van der Waals surface area contributed by atoms with Crippen LogP contribution < -0.4 is 15.0 Å². The fourth-order valence-electron chi connectivity index (χ4n) is 3.15. The Bertz CT molecular complexity index is 1030. The van der Waals surface area contributed by atoms with Gasteiger partial charge in [0.1, 0.15) is 11.1 Å². The average molecular weight is 439 g/mol. The Morgan fingerprint density at radius 2 is 1.73 bits per heavy atom. The van der Waals surface area contributed by atoms with Crippen molar-refractivity contribution in [1.82, 2.24) is 0 Å². The minimum absolute atomic E-state index is 0.0517. The van der Waals surface area contributed by atoms with E-state index in [-0.39, 0.29) is 23.8 Å². The molecule has 2 amide bonds. The summed E-state index contributed by atoms with van der Waals surface area (Å²) in [4.78, 5) is 26.3. The number of carbonyl (C=O) groups excluding carboxylic acids is 2. The van der Waals surface area contributed by atoms with Gasteiger partial charge in [0, 0.05) is 16.4 Å². The van der Waals surface area contributed by atoms with Crippen molar-refractivity contribution >= 4 is 46.6 Å². The predicted octanol–water partition coefficient (Wildman–Crippen LogP) is 5.14. The van der Waals surface area contributed by atoms with E-state index in [2.05, 4.69) is 5.32 Å². The molecule has 1 atom stereocenters. The first-order valence-electron chi connectivity index (χ1n) is 9.37. The number of amides is 2. The van der Waals surface area contributed by atoms with Gasteiger partial charge in [-0.25, -0.2) is 0 Å². The maximum atomic E-state index is 12.5. The zero-order valence-corrected chi connectivity index (χ0v) is 17.5. The summed E-state index contributed by atoms with van der Waals surface area (Å²) >= 11 is 7.57. The molecule has 1 heterocycles. The van der Waals surface area contributed by atoms with Gasteiger partial charge < -0.3 is 10.1 Å². The van der Waals surface area contributed by atoms with Crippen LogP contribution in [0.4, 0.5) is 11.4 Å². The number of anilines is 2. The van der Waals surface area contributed by atoms with Gasteiger partial charge in [0.15, 0.2) is 6.61 Å². The van der Waals surface area contributed by atoms with Gasteiger partial charge in [0.25, 0.3) is 5.91 Å². The normalized spacial score (nSPS) is 15.8. The summed E-state index contributed by atoms with van der Waals surface area (Å²) in [5, 5.41) is 3.34. The first kappa shape index (κ1) is 20.3. The molecule has 152 valence electrons.